The van der Waals surface area contributed by atoms with Crippen LogP contribution in [-0.4, -0.2) is 37.2 Å². The van der Waals surface area contributed by atoms with Gasteiger partial charge in [-0.1, -0.05) is 342 Å². The maximum atomic E-state index is 12.8. The van der Waals surface area contributed by atoms with Gasteiger partial charge in [0.25, 0.3) is 0 Å². The minimum Gasteiger partial charge on any atom is -0.462 e. The Morgan fingerprint density at radius 3 is 0.563 bits per heavy atom. The van der Waals surface area contributed by atoms with Crippen LogP contribution in [0.4, 0.5) is 0 Å². The molecule has 0 aliphatic heterocycles. The quantitative estimate of drug-likeness (QED) is 0.0343. The zero-order valence-electron chi connectivity index (χ0n) is 48.5. The van der Waals surface area contributed by atoms with Gasteiger partial charge < -0.3 is 14.2 Å². The number of carbonyl (C=O) groups excluding carboxylic acids is 3. The molecule has 0 saturated carbocycles. The third-order valence-electron chi connectivity index (χ3n) is 15.1. The summed E-state index contributed by atoms with van der Waals surface area (Å²) in [6, 6.07) is 0. The predicted molar refractivity (Wildman–Crippen MR) is 307 cm³/mol. The van der Waals surface area contributed by atoms with Crippen molar-refractivity contribution in [1.29, 1.82) is 0 Å². The fourth-order valence-electron chi connectivity index (χ4n) is 10.2. The molecular formula is C65H126O6. The summed E-state index contributed by atoms with van der Waals surface area (Å²) in [6.45, 7) is 6.69. The summed E-state index contributed by atoms with van der Waals surface area (Å²) >= 11 is 0. The molecule has 0 radical (unpaired) electrons. The summed E-state index contributed by atoms with van der Waals surface area (Å²) in [5.41, 5.74) is 0. The first-order valence-corrected chi connectivity index (χ1v) is 32.5. The van der Waals surface area contributed by atoms with E-state index in [0.29, 0.717) is 19.3 Å². The van der Waals surface area contributed by atoms with Crippen molar-refractivity contribution in [2.24, 2.45) is 0 Å². The normalized spacial score (nSPS) is 11.9. The molecule has 0 saturated heterocycles. The topological polar surface area (TPSA) is 78.9 Å². The second-order valence-electron chi connectivity index (χ2n) is 22.4. The molecule has 0 rings (SSSR count). The minimum atomic E-state index is -0.760. The van der Waals surface area contributed by atoms with E-state index in [1.807, 2.05) is 0 Å². The van der Waals surface area contributed by atoms with E-state index >= 15 is 0 Å². The molecule has 0 fully saturated rings. The highest BCUT2D eigenvalue weighted by Crippen LogP contribution is 2.19. The molecule has 0 aromatic rings. The van der Waals surface area contributed by atoms with Gasteiger partial charge >= 0.3 is 17.9 Å². The molecule has 0 N–H and O–H groups in total. The van der Waals surface area contributed by atoms with Gasteiger partial charge in [0.15, 0.2) is 6.10 Å². The Labute approximate surface area is 444 Å². The van der Waals surface area contributed by atoms with E-state index in [2.05, 4.69) is 20.8 Å². The predicted octanol–water partition coefficient (Wildman–Crippen LogP) is 21.9. The minimum absolute atomic E-state index is 0.0613. The van der Waals surface area contributed by atoms with Crippen LogP contribution >= 0.6 is 0 Å². The van der Waals surface area contributed by atoms with E-state index < -0.39 is 6.10 Å². The largest absolute Gasteiger partial charge is 0.462 e. The molecule has 0 aliphatic rings. The number of ether oxygens (including phenoxy) is 3. The highest BCUT2D eigenvalue weighted by molar-refractivity contribution is 5.71. The van der Waals surface area contributed by atoms with Crippen LogP contribution in [0.5, 0.6) is 0 Å². The van der Waals surface area contributed by atoms with Crippen LogP contribution in [0, 0.1) is 0 Å². The zero-order valence-corrected chi connectivity index (χ0v) is 48.5. The third kappa shape index (κ3) is 59.2. The zero-order chi connectivity index (χ0) is 51.4. The molecule has 0 amide bonds. The highest BCUT2D eigenvalue weighted by Gasteiger charge is 2.19. The van der Waals surface area contributed by atoms with Crippen LogP contribution in [0.15, 0.2) is 0 Å². The van der Waals surface area contributed by atoms with E-state index in [9.17, 15) is 14.4 Å². The number of esters is 3. The molecule has 1 atom stereocenters. The van der Waals surface area contributed by atoms with E-state index in [1.54, 1.807) is 0 Å². The summed E-state index contributed by atoms with van der Waals surface area (Å²) in [5, 5.41) is 0. The van der Waals surface area contributed by atoms with Gasteiger partial charge in [-0.3, -0.25) is 14.4 Å². The molecule has 422 valence electrons. The van der Waals surface area contributed by atoms with Gasteiger partial charge in [-0.05, 0) is 19.3 Å². The molecule has 1 unspecified atom stereocenters. The summed E-state index contributed by atoms with van der Waals surface area (Å²) in [4.78, 5) is 38.1. The fraction of sp³-hybridized carbons (Fsp3) is 0.954. The Morgan fingerprint density at radius 1 is 0.225 bits per heavy atom. The van der Waals surface area contributed by atoms with Crippen LogP contribution < -0.4 is 0 Å². The van der Waals surface area contributed by atoms with Crippen LogP contribution in [-0.2, 0) is 28.6 Å². The Morgan fingerprint density at radius 2 is 0.380 bits per heavy atom. The lowest BCUT2D eigenvalue weighted by molar-refractivity contribution is -0.167. The monoisotopic (exact) mass is 1000 g/mol. The average Bonchev–Trinajstić information content (AvgIpc) is 3.37. The standard InChI is InChI=1S/C65H126O6/c1-4-7-10-13-16-19-22-23-24-25-26-27-28-29-30-31-32-33-34-35-36-37-38-39-40-41-44-46-49-52-55-58-64(67)70-61-62(71-65(68)59-56-53-50-47-43-21-18-15-12-9-6-3)60-69-63(66)57-54-51-48-45-42-20-17-14-11-8-5-2/h62H,4-61H2,1-3H3. The van der Waals surface area contributed by atoms with Crippen LogP contribution in [0.2, 0.25) is 0 Å². The average molecular weight is 1000 g/mol. The first-order chi connectivity index (χ1) is 35.0. The second-order valence-corrected chi connectivity index (χ2v) is 22.4. The number of rotatable bonds is 61. The lowest BCUT2D eigenvalue weighted by Gasteiger charge is -2.18. The molecule has 0 spiro atoms. The Hall–Kier alpha value is -1.59. The molecule has 71 heavy (non-hydrogen) atoms. The van der Waals surface area contributed by atoms with E-state index in [0.717, 1.165) is 57.8 Å². The maximum absolute atomic E-state index is 12.8. The van der Waals surface area contributed by atoms with Crippen LogP contribution in [0.25, 0.3) is 0 Å². The summed E-state index contributed by atoms with van der Waals surface area (Å²) in [5.74, 6) is -0.835. The summed E-state index contributed by atoms with van der Waals surface area (Å²) < 4.78 is 16.9. The lowest BCUT2D eigenvalue weighted by atomic mass is 10.0. The molecule has 0 aliphatic carbocycles. The smallest absolute Gasteiger partial charge is 0.306 e. The third-order valence-corrected chi connectivity index (χ3v) is 15.1. The first kappa shape index (κ1) is 69.4. The Balaban J connectivity index is 3.97. The molecule has 0 bridgehead atoms. The van der Waals surface area contributed by atoms with E-state index in [1.165, 1.54) is 283 Å². The molecular weight excluding hydrogens is 877 g/mol. The van der Waals surface area contributed by atoms with Crippen LogP contribution in [0.3, 0.4) is 0 Å². The van der Waals surface area contributed by atoms with Crippen molar-refractivity contribution in [1.82, 2.24) is 0 Å². The van der Waals surface area contributed by atoms with Crippen molar-refractivity contribution in [3.63, 3.8) is 0 Å². The van der Waals surface area contributed by atoms with Crippen molar-refractivity contribution < 1.29 is 28.6 Å². The Kier molecular flexibility index (Phi) is 59.6. The van der Waals surface area contributed by atoms with Gasteiger partial charge in [0, 0.05) is 19.3 Å². The molecule has 0 heterocycles. The van der Waals surface area contributed by atoms with Gasteiger partial charge in [-0.15, -0.1) is 0 Å². The second kappa shape index (κ2) is 61.0. The van der Waals surface area contributed by atoms with Gasteiger partial charge in [0.2, 0.25) is 0 Å². The number of hydrogen-bond donors (Lipinski definition) is 0. The fourth-order valence-corrected chi connectivity index (χ4v) is 10.2. The van der Waals surface area contributed by atoms with Crippen LogP contribution in [0.1, 0.15) is 380 Å². The SMILES string of the molecule is CCCCCCCCCCCCCCCCCCCCCCCCCCCCCCCCCC(=O)OCC(COC(=O)CCCCCCCCCCCCC)OC(=O)CCCCCCCCCCCCC. The molecule has 6 nitrogen and oxygen atoms in total. The van der Waals surface area contributed by atoms with Crippen molar-refractivity contribution >= 4 is 17.9 Å². The lowest BCUT2D eigenvalue weighted by Crippen LogP contribution is -2.30. The van der Waals surface area contributed by atoms with Crippen molar-refractivity contribution in [2.45, 2.75) is 386 Å². The first-order valence-electron chi connectivity index (χ1n) is 32.5. The molecule has 6 heteroatoms. The number of unbranched alkanes of at least 4 members (excludes halogenated alkanes) is 50. The maximum Gasteiger partial charge on any atom is 0.306 e. The number of hydrogen-bond acceptors (Lipinski definition) is 6. The van der Waals surface area contributed by atoms with Gasteiger partial charge in [-0.2, -0.15) is 0 Å². The van der Waals surface area contributed by atoms with Gasteiger partial charge in [0.05, 0.1) is 0 Å². The summed E-state index contributed by atoms with van der Waals surface area (Å²) in [6.07, 6.45) is 70.0. The van der Waals surface area contributed by atoms with E-state index in [-0.39, 0.29) is 31.1 Å². The molecule has 0 aromatic heterocycles. The van der Waals surface area contributed by atoms with Crippen molar-refractivity contribution in [3.8, 4) is 0 Å². The van der Waals surface area contributed by atoms with Crippen molar-refractivity contribution in [2.75, 3.05) is 13.2 Å². The van der Waals surface area contributed by atoms with E-state index in [4.69, 9.17) is 14.2 Å². The summed E-state index contributed by atoms with van der Waals surface area (Å²) in [7, 11) is 0. The van der Waals surface area contributed by atoms with Gasteiger partial charge in [0.1, 0.15) is 13.2 Å². The van der Waals surface area contributed by atoms with Gasteiger partial charge in [-0.25, -0.2) is 0 Å². The number of carbonyl (C=O) groups is 3. The highest BCUT2D eigenvalue weighted by atomic mass is 16.6. The Bertz CT molecular complexity index is 1060. The van der Waals surface area contributed by atoms with Crippen molar-refractivity contribution in [3.05, 3.63) is 0 Å². The molecule has 0 aromatic carbocycles.